The molecule has 0 saturated heterocycles. The highest BCUT2D eigenvalue weighted by molar-refractivity contribution is 5.51. The van der Waals surface area contributed by atoms with E-state index in [0.717, 1.165) is 35.3 Å². The predicted molar refractivity (Wildman–Crippen MR) is 164 cm³/mol. The van der Waals surface area contributed by atoms with E-state index in [2.05, 4.69) is 131 Å². The van der Waals surface area contributed by atoms with E-state index in [0.29, 0.717) is 24.6 Å². The van der Waals surface area contributed by atoms with Crippen molar-refractivity contribution in [1.82, 2.24) is 9.80 Å². The molecule has 0 aromatic heterocycles. The lowest BCUT2D eigenvalue weighted by molar-refractivity contribution is 0.241. The summed E-state index contributed by atoms with van der Waals surface area (Å²) in [5, 5.41) is 22.7. The monoisotopic (exact) mass is 524 g/mol. The molecule has 2 N–H and O–H groups in total. The minimum absolute atomic E-state index is 0.0557. The van der Waals surface area contributed by atoms with Gasteiger partial charge < -0.3 is 20.0 Å². The van der Waals surface area contributed by atoms with Crippen LogP contribution in [0.25, 0.3) is 0 Å². The fraction of sp³-hybridized carbons (Fsp3) is 0.647. The Labute approximate surface area is 234 Å². The Hall–Kier alpha value is -2.04. The van der Waals surface area contributed by atoms with Gasteiger partial charge in [0.05, 0.1) is 0 Å². The standard InChI is InChI=1S/C34H56N2O2/c1-31(2,3)25-15-17-27(33(7,8)9)29(37)23(25)21-35(13)19-20-36(14)22-24-26(32(4,5)6)16-18-28(30(24)38)34(10,11)12/h15-18,37-38H,19-22H2,1-14H3. The minimum Gasteiger partial charge on any atom is -0.507 e. The van der Waals surface area contributed by atoms with Crippen molar-refractivity contribution in [3.63, 3.8) is 0 Å². The zero-order valence-corrected chi connectivity index (χ0v) is 26.9. The third-order valence-electron chi connectivity index (χ3n) is 7.52. The highest BCUT2D eigenvalue weighted by Gasteiger charge is 2.28. The van der Waals surface area contributed by atoms with E-state index in [4.69, 9.17) is 0 Å². The molecule has 0 unspecified atom stereocenters. The number of nitrogens with zero attached hydrogens (tertiary/aromatic N) is 2. The molecule has 0 bridgehead atoms. The summed E-state index contributed by atoms with van der Waals surface area (Å²) in [6.07, 6.45) is 0. The van der Waals surface area contributed by atoms with Crippen LogP contribution in [0.4, 0.5) is 0 Å². The molecule has 0 saturated carbocycles. The first-order valence-corrected chi connectivity index (χ1v) is 14.1. The first kappa shape index (κ1) is 32.2. The summed E-state index contributed by atoms with van der Waals surface area (Å²) in [7, 11) is 4.25. The maximum Gasteiger partial charge on any atom is 0.124 e. The molecule has 0 radical (unpaired) electrons. The molecule has 0 aliphatic carbocycles. The van der Waals surface area contributed by atoms with Crippen LogP contribution in [0.1, 0.15) is 116 Å². The highest BCUT2D eigenvalue weighted by atomic mass is 16.3. The molecule has 0 spiro atoms. The summed E-state index contributed by atoms with van der Waals surface area (Å²) in [6, 6.07) is 8.60. The Morgan fingerprint density at radius 1 is 0.474 bits per heavy atom. The number of hydrogen-bond donors (Lipinski definition) is 2. The van der Waals surface area contributed by atoms with Crippen molar-refractivity contribution in [2.24, 2.45) is 0 Å². The van der Waals surface area contributed by atoms with Gasteiger partial charge in [0.1, 0.15) is 11.5 Å². The Morgan fingerprint density at radius 3 is 0.947 bits per heavy atom. The minimum atomic E-state index is -0.123. The van der Waals surface area contributed by atoms with Crippen molar-refractivity contribution in [3.8, 4) is 11.5 Å². The highest BCUT2D eigenvalue weighted by Crippen LogP contribution is 2.41. The molecule has 0 fully saturated rings. The Balaban J connectivity index is 2.28. The van der Waals surface area contributed by atoms with Gasteiger partial charge in [-0.1, -0.05) is 107 Å². The van der Waals surface area contributed by atoms with Crippen molar-refractivity contribution in [1.29, 1.82) is 0 Å². The summed E-state index contributed by atoms with van der Waals surface area (Å²) in [5.74, 6) is 0.868. The molecular formula is C34H56N2O2. The SMILES string of the molecule is CN(CCN(C)Cc1c(C(C)(C)C)ccc(C(C)(C)C)c1O)Cc1c(C(C)(C)C)ccc(C(C)(C)C)c1O. The first-order valence-electron chi connectivity index (χ1n) is 14.1. The number of rotatable bonds is 7. The van der Waals surface area contributed by atoms with Crippen LogP contribution in [-0.2, 0) is 34.7 Å². The lowest BCUT2D eigenvalue weighted by atomic mass is 9.78. The van der Waals surface area contributed by atoms with Gasteiger partial charge in [0, 0.05) is 37.3 Å². The van der Waals surface area contributed by atoms with E-state index in [9.17, 15) is 10.2 Å². The normalized spacial score (nSPS) is 13.6. The van der Waals surface area contributed by atoms with Gasteiger partial charge in [-0.25, -0.2) is 0 Å². The number of aromatic hydroxyl groups is 2. The van der Waals surface area contributed by atoms with Crippen LogP contribution < -0.4 is 0 Å². The van der Waals surface area contributed by atoms with Gasteiger partial charge in [-0.2, -0.15) is 0 Å². The molecule has 0 amide bonds. The van der Waals surface area contributed by atoms with Crippen LogP contribution in [0.15, 0.2) is 24.3 Å². The fourth-order valence-electron chi connectivity index (χ4n) is 5.25. The van der Waals surface area contributed by atoms with E-state index < -0.39 is 0 Å². The molecule has 0 aliphatic rings. The van der Waals surface area contributed by atoms with Crippen molar-refractivity contribution in [2.75, 3.05) is 27.2 Å². The van der Waals surface area contributed by atoms with E-state index in [1.54, 1.807) is 0 Å². The molecule has 2 aromatic carbocycles. The molecule has 38 heavy (non-hydrogen) atoms. The molecule has 2 rings (SSSR count). The quantitative estimate of drug-likeness (QED) is 0.387. The summed E-state index contributed by atoms with van der Waals surface area (Å²) in [4.78, 5) is 4.59. The molecule has 214 valence electrons. The van der Waals surface area contributed by atoms with Crippen molar-refractivity contribution in [2.45, 2.75) is 118 Å². The predicted octanol–water partition coefficient (Wildman–Crippen LogP) is 7.85. The smallest absolute Gasteiger partial charge is 0.124 e. The Bertz CT molecular complexity index is 1020. The molecule has 0 atom stereocenters. The lowest BCUT2D eigenvalue weighted by Gasteiger charge is -2.31. The van der Waals surface area contributed by atoms with Crippen LogP contribution in [0.2, 0.25) is 0 Å². The van der Waals surface area contributed by atoms with E-state index in [-0.39, 0.29) is 21.7 Å². The van der Waals surface area contributed by atoms with E-state index in [1.807, 2.05) is 0 Å². The van der Waals surface area contributed by atoms with Crippen molar-refractivity contribution >= 4 is 0 Å². The van der Waals surface area contributed by atoms with Gasteiger partial charge in [0.15, 0.2) is 0 Å². The molecule has 4 nitrogen and oxygen atoms in total. The molecule has 2 aromatic rings. The number of phenols is 2. The average molecular weight is 525 g/mol. The topological polar surface area (TPSA) is 46.9 Å². The summed E-state index contributed by atoms with van der Waals surface area (Å²) < 4.78 is 0. The van der Waals surface area contributed by atoms with Gasteiger partial charge in [-0.05, 0) is 58.0 Å². The van der Waals surface area contributed by atoms with Gasteiger partial charge in [-0.15, -0.1) is 0 Å². The number of phenolic OH excluding ortho intramolecular Hbond substituents is 2. The van der Waals surface area contributed by atoms with Gasteiger partial charge in [0.2, 0.25) is 0 Å². The van der Waals surface area contributed by atoms with Crippen LogP contribution in [-0.4, -0.2) is 47.2 Å². The van der Waals surface area contributed by atoms with Crippen LogP contribution >= 0.6 is 0 Å². The van der Waals surface area contributed by atoms with Gasteiger partial charge in [0.25, 0.3) is 0 Å². The number of likely N-dealkylation sites (N-methyl/N-ethyl adjacent to an activating group) is 2. The Morgan fingerprint density at radius 2 is 0.711 bits per heavy atom. The molecule has 0 aliphatic heterocycles. The second-order valence-corrected chi connectivity index (χ2v) is 15.5. The molecule has 0 heterocycles. The average Bonchev–Trinajstić information content (AvgIpc) is 2.71. The number of hydrogen-bond acceptors (Lipinski definition) is 4. The molecular weight excluding hydrogens is 468 g/mol. The zero-order chi connectivity index (χ0) is 29.4. The summed E-state index contributed by atoms with van der Waals surface area (Å²) in [5.41, 5.74) is 6.08. The largest absolute Gasteiger partial charge is 0.507 e. The third kappa shape index (κ3) is 7.76. The second kappa shape index (κ2) is 11.2. The van der Waals surface area contributed by atoms with Crippen molar-refractivity contribution < 1.29 is 10.2 Å². The van der Waals surface area contributed by atoms with Crippen LogP contribution in [0.3, 0.4) is 0 Å². The maximum absolute atomic E-state index is 11.4. The summed E-state index contributed by atoms with van der Waals surface area (Å²) in [6.45, 7) is 29.2. The van der Waals surface area contributed by atoms with Crippen molar-refractivity contribution in [3.05, 3.63) is 57.6 Å². The fourth-order valence-corrected chi connectivity index (χ4v) is 5.25. The van der Waals surface area contributed by atoms with Crippen LogP contribution in [0, 0.1) is 0 Å². The van der Waals surface area contributed by atoms with E-state index >= 15 is 0 Å². The lowest BCUT2D eigenvalue weighted by Crippen LogP contribution is -2.32. The Kier molecular flexibility index (Phi) is 9.50. The van der Waals surface area contributed by atoms with Crippen LogP contribution in [0.5, 0.6) is 11.5 Å². The first-order chi connectivity index (χ1) is 17.0. The third-order valence-corrected chi connectivity index (χ3v) is 7.52. The van der Waals surface area contributed by atoms with Gasteiger partial charge in [-0.3, -0.25) is 0 Å². The zero-order valence-electron chi connectivity index (χ0n) is 26.9. The maximum atomic E-state index is 11.4. The van der Waals surface area contributed by atoms with Gasteiger partial charge >= 0.3 is 0 Å². The second-order valence-electron chi connectivity index (χ2n) is 15.5. The molecule has 4 heteroatoms. The van der Waals surface area contributed by atoms with E-state index in [1.165, 1.54) is 11.1 Å². The number of benzene rings is 2. The summed E-state index contributed by atoms with van der Waals surface area (Å²) >= 11 is 0.